The molecule has 0 spiro atoms. The van der Waals surface area contributed by atoms with E-state index in [2.05, 4.69) is 12.6 Å². The molecule has 0 saturated carbocycles. The highest BCUT2D eigenvalue weighted by Crippen LogP contribution is 2.15. The first kappa shape index (κ1) is 10.8. The standard InChI is InChI=1S/C8H15NO3S/c1-5(13)8(11)9-3-6(10)7(4-9)12-2/h5-7,10,13H,3-4H2,1-2H3/t5?,6-,7-/m1/s1. The molecule has 1 fully saturated rings. The van der Waals surface area contributed by atoms with Crippen LogP contribution in [-0.2, 0) is 9.53 Å². The fourth-order valence-electron chi connectivity index (χ4n) is 1.43. The van der Waals surface area contributed by atoms with Gasteiger partial charge in [0.25, 0.3) is 0 Å². The molecule has 0 aliphatic carbocycles. The maximum Gasteiger partial charge on any atom is 0.235 e. The molecule has 5 heteroatoms. The van der Waals surface area contributed by atoms with Gasteiger partial charge in [0.2, 0.25) is 5.91 Å². The van der Waals surface area contributed by atoms with Crippen LogP contribution in [0.15, 0.2) is 0 Å². The molecule has 0 aromatic carbocycles. The van der Waals surface area contributed by atoms with Crippen molar-refractivity contribution in [1.29, 1.82) is 0 Å². The number of aliphatic hydroxyl groups excluding tert-OH is 1. The summed E-state index contributed by atoms with van der Waals surface area (Å²) in [5, 5.41) is 9.13. The number of aliphatic hydroxyl groups is 1. The van der Waals surface area contributed by atoms with Crippen LogP contribution in [0.2, 0.25) is 0 Å². The summed E-state index contributed by atoms with van der Waals surface area (Å²) in [5.41, 5.74) is 0. The summed E-state index contributed by atoms with van der Waals surface area (Å²) in [5.74, 6) is -0.0538. The lowest BCUT2D eigenvalue weighted by atomic mass is 10.3. The summed E-state index contributed by atoms with van der Waals surface area (Å²) in [4.78, 5) is 13.0. The normalized spacial score (nSPS) is 30.6. The molecule has 0 aromatic rings. The number of ether oxygens (including phenoxy) is 1. The van der Waals surface area contributed by atoms with Crippen molar-refractivity contribution in [2.45, 2.75) is 24.4 Å². The molecule has 1 N–H and O–H groups in total. The average Bonchev–Trinajstić information content (AvgIpc) is 2.45. The van der Waals surface area contributed by atoms with Crippen LogP contribution in [0.3, 0.4) is 0 Å². The van der Waals surface area contributed by atoms with Crippen LogP contribution >= 0.6 is 12.6 Å². The number of amides is 1. The Morgan fingerprint density at radius 2 is 2.31 bits per heavy atom. The van der Waals surface area contributed by atoms with E-state index in [0.717, 1.165) is 0 Å². The van der Waals surface area contributed by atoms with Crippen molar-refractivity contribution in [3.05, 3.63) is 0 Å². The lowest BCUT2D eigenvalue weighted by molar-refractivity contribution is -0.129. The topological polar surface area (TPSA) is 49.8 Å². The van der Waals surface area contributed by atoms with Gasteiger partial charge in [-0.3, -0.25) is 4.79 Å². The summed E-state index contributed by atoms with van der Waals surface area (Å²) >= 11 is 4.04. The lowest BCUT2D eigenvalue weighted by Gasteiger charge is -2.17. The second kappa shape index (κ2) is 4.30. The molecule has 0 bridgehead atoms. The van der Waals surface area contributed by atoms with E-state index in [-0.39, 0.29) is 17.3 Å². The van der Waals surface area contributed by atoms with Gasteiger partial charge in [0, 0.05) is 20.2 Å². The molecule has 3 atom stereocenters. The summed E-state index contributed by atoms with van der Waals surface area (Å²) in [6.45, 7) is 2.53. The molecule has 1 unspecified atom stereocenters. The summed E-state index contributed by atoms with van der Waals surface area (Å²) in [6, 6.07) is 0. The molecule has 0 aromatic heterocycles. The molecule has 1 aliphatic heterocycles. The molecule has 76 valence electrons. The molecule has 4 nitrogen and oxygen atoms in total. The second-order valence-electron chi connectivity index (χ2n) is 3.26. The van der Waals surface area contributed by atoms with Gasteiger partial charge < -0.3 is 14.7 Å². The fraction of sp³-hybridized carbons (Fsp3) is 0.875. The summed E-state index contributed by atoms with van der Waals surface area (Å²) in [6.07, 6.45) is -0.822. The molecule has 1 heterocycles. The largest absolute Gasteiger partial charge is 0.388 e. The summed E-state index contributed by atoms with van der Waals surface area (Å²) in [7, 11) is 1.53. The van der Waals surface area contributed by atoms with E-state index in [1.165, 1.54) is 7.11 Å². The van der Waals surface area contributed by atoms with Crippen LogP contribution < -0.4 is 0 Å². The van der Waals surface area contributed by atoms with Gasteiger partial charge in [-0.05, 0) is 6.92 Å². The Hall–Kier alpha value is -0.260. The van der Waals surface area contributed by atoms with E-state index in [1.54, 1.807) is 11.8 Å². The SMILES string of the molecule is CO[C@@H]1CN(C(=O)C(C)S)C[C@H]1O. The number of carbonyl (C=O) groups is 1. The maximum absolute atomic E-state index is 11.4. The number of methoxy groups -OCH3 is 1. The predicted molar refractivity (Wildman–Crippen MR) is 51.8 cm³/mol. The van der Waals surface area contributed by atoms with Gasteiger partial charge in [-0.2, -0.15) is 12.6 Å². The van der Waals surface area contributed by atoms with E-state index in [9.17, 15) is 9.90 Å². The predicted octanol–water partition coefficient (Wildman–Crippen LogP) is -0.477. The van der Waals surface area contributed by atoms with Gasteiger partial charge in [-0.25, -0.2) is 0 Å². The lowest BCUT2D eigenvalue weighted by Crippen LogP contribution is -2.34. The van der Waals surface area contributed by atoms with Gasteiger partial charge in [-0.1, -0.05) is 0 Å². The van der Waals surface area contributed by atoms with Crippen LogP contribution in [0.1, 0.15) is 6.92 Å². The first-order valence-electron chi connectivity index (χ1n) is 4.24. The quantitative estimate of drug-likeness (QED) is 0.599. The van der Waals surface area contributed by atoms with Crippen LogP contribution in [0.4, 0.5) is 0 Å². The minimum Gasteiger partial charge on any atom is -0.388 e. The first-order valence-corrected chi connectivity index (χ1v) is 4.75. The second-order valence-corrected chi connectivity index (χ2v) is 4.04. The van der Waals surface area contributed by atoms with Crippen molar-refractivity contribution in [1.82, 2.24) is 4.90 Å². The van der Waals surface area contributed by atoms with Gasteiger partial charge in [0.05, 0.1) is 11.4 Å². The molecule has 1 amide bonds. The highest BCUT2D eigenvalue weighted by Gasteiger charge is 2.34. The van der Waals surface area contributed by atoms with Crippen molar-refractivity contribution in [3.8, 4) is 0 Å². The van der Waals surface area contributed by atoms with Crippen molar-refractivity contribution in [2.75, 3.05) is 20.2 Å². The smallest absolute Gasteiger partial charge is 0.235 e. The minimum absolute atomic E-state index is 0.0538. The number of likely N-dealkylation sites (tertiary alicyclic amines) is 1. The number of thiol groups is 1. The van der Waals surface area contributed by atoms with E-state index < -0.39 is 6.10 Å². The maximum atomic E-state index is 11.4. The highest BCUT2D eigenvalue weighted by molar-refractivity contribution is 7.81. The molecule has 0 radical (unpaired) electrons. The van der Waals surface area contributed by atoms with Gasteiger partial charge >= 0.3 is 0 Å². The first-order chi connectivity index (χ1) is 6.06. The Labute approximate surface area is 83.3 Å². The van der Waals surface area contributed by atoms with Crippen molar-refractivity contribution in [3.63, 3.8) is 0 Å². The number of β-amino-alcohol motifs (C(OH)–C–C–N with tert-alkyl or cyclic N) is 1. The van der Waals surface area contributed by atoms with E-state index >= 15 is 0 Å². The monoisotopic (exact) mass is 205 g/mol. The number of carbonyl (C=O) groups excluding carboxylic acids is 1. The van der Waals surface area contributed by atoms with Crippen LogP contribution in [0.25, 0.3) is 0 Å². The van der Waals surface area contributed by atoms with Gasteiger partial charge in [0.1, 0.15) is 6.10 Å². The Morgan fingerprint density at radius 3 is 2.69 bits per heavy atom. The van der Waals surface area contributed by atoms with Gasteiger partial charge in [-0.15, -0.1) is 0 Å². The highest BCUT2D eigenvalue weighted by atomic mass is 32.1. The Kier molecular flexibility index (Phi) is 3.58. The number of hydrogen-bond donors (Lipinski definition) is 2. The molecular weight excluding hydrogens is 190 g/mol. The Balaban J connectivity index is 2.53. The van der Waals surface area contributed by atoms with Crippen molar-refractivity contribution in [2.24, 2.45) is 0 Å². The third kappa shape index (κ3) is 2.36. The zero-order chi connectivity index (χ0) is 10.0. The Morgan fingerprint density at radius 1 is 1.69 bits per heavy atom. The van der Waals surface area contributed by atoms with Crippen LogP contribution in [-0.4, -0.2) is 53.6 Å². The molecular formula is C8H15NO3S. The fourth-order valence-corrected chi connectivity index (χ4v) is 1.60. The van der Waals surface area contributed by atoms with E-state index in [1.807, 2.05) is 0 Å². The third-order valence-corrected chi connectivity index (χ3v) is 2.43. The minimum atomic E-state index is -0.568. The van der Waals surface area contributed by atoms with E-state index in [0.29, 0.717) is 13.1 Å². The third-order valence-electron chi connectivity index (χ3n) is 2.21. The number of hydrogen-bond acceptors (Lipinski definition) is 4. The van der Waals surface area contributed by atoms with E-state index in [4.69, 9.17) is 4.74 Å². The molecule has 1 rings (SSSR count). The zero-order valence-corrected chi connectivity index (χ0v) is 8.70. The van der Waals surface area contributed by atoms with Crippen molar-refractivity contribution >= 4 is 18.5 Å². The molecule has 1 saturated heterocycles. The Bertz CT molecular complexity index is 198. The number of rotatable bonds is 2. The average molecular weight is 205 g/mol. The molecule has 13 heavy (non-hydrogen) atoms. The summed E-state index contributed by atoms with van der Waals surface area (Å²) < 4.78 is 5.01. The van der Waals surface area contributed by atoms with Crippen LogP contribution in [0, 0.1) is 0 Å². The molecule has 1 aliphatic rings. The van der Waals surface area contributed by atoms with Crippen LogP contribution in [0.5, 0.6) is 0 Å². The zero-order valence-electron chi connectivity index (χ0n) is 7.80. The van der Waals surface area contributed by atoms with Gasteiger partial charge in [0.15, 0.2) is 0 Å². The van der Waals surface area contributed by atoms with Crippen molar-refractivity contribution < 1.29 is 14.6 Å². The number of nitrogens with zero attached hydrogens (tertiary/aromatic N) is 1.